The number of aliphatic hydroxyl groups excluding tert-OH is 1. The van der Waals surface area contributed by atoms with Gasteiger partial charge in [0.15, 0.2) is 0 Å². The minimum atomic E-state index is -0.764. The van der Waals surface area contributed by atoms with Crippen molar-refractivity contribution in [2.24, 2.45) is 28.6 Å². The molecule has 0 aliphatic heterocycles. The van der Waals surface area contributed by atoms with Crippen molar-refractivity contribution in [1.29, 1.82) is 0 Å². The second-order valence-corrected chi connectivity index (χ2v) is 9.17. The smallest absolute Gasteiger partial charge is 0.314 e. The van der Waals surface area contributed by atoms with Crippen LogP contribution in [0.5, 0.6) is 0 Å². The number of hydrogen-bond acceptors (Lipinski definition) is 3. The molecule has 3 nitrogen and oxygen atoms in total. The number of hydrogen-bond donors (Lipinski definition) is 1. The van der Waals surface area contributed by atoms with Crippen LogP contribution < -0.4 is 0 Å². The largest absolute Gasteiger partial charge is 0.459 e. The maximum atomic E-state index is 12.7. The molecule has 4 bridgehead atoms. The van der Waals surface area contributed by atoms with Crippen molar-refractivity contribution in [3.8, 4) is 0 Å². The minimum absolute atomic E-state index is 0.140. The van der Waals surface area contributed by atoms with E-state index < -0.39 is 11.0 Å². The quantitative estimate of drug-likeness (QED) is 0.783. The van der Waals surface area contributed by atoms with E-state index in [4.69, 9.17) is 4.74 Å². The average molecular weight is 308 g/mol. The van der Waals surface area contributed by atoms with Gasteiger partial charge in [-0.3, -0.25) is 4.79 Å². The Labute approximate surface area is 134 Å². The van der Waals surface area contributed by atoms with Crippen molar-refractivity contribution in [3.63, 3.8) is 0 Å². The van der Waals surface area contributed by atoms with E-state index >= 15 is 0 Å². The number of ether oxygens (including phenoxy) is 1. The maximum absolute atomic E-state index is 12.7. The van der Waals surface area contributed by atoms with Crippen molar-refractivity contribution >= 4 is 5.97 Å². The zero-order valence-corrected chi connectivity index (χ0v) is 14.7. The Morgan fingerprint density at radius 1 is 1.09 bits per heavy atom. The van der Waals surface area contributed by atoms with Crippen LogP contribution in [0.2, 0.25) is 0 Å². The summed E-state index contributed by atoms with van der Waals surface area (Å²) in [5, 5.41) is 9.59. The maximum Gasteiger partial charge on any atom is 0.314 e. The van der Waals surface area contributed by atoms with Crippen LogP contribution in [0.15, 0.2) is 0 Å². The Kier molecular flexibility index (Phi) is 3.87. The van der Waals surface area contributed by atoms with E-state index in [1.54, 1.807) is 0 Å². The Morgan fingerprint density at radius 3 is 1.91 bits per heavy atom. The molecule has 4 saturated carbocycles. The van der Waals surface area contributed by atoms with Gasteiger partial charge in [-0.1, -0.05) is 6.92 Å². The summed E-state index contributed by atoms with van der Waals surface area (Å²) in [5.41, 5.74) is -1.02. The lowest BCUT2D eigenvalue weighted by Crippen LogP contribution is -2.58. The molecule has 1 N–H and O–H groups in total. The van der Waals surface area contributed by atoms with E-state index in [0.717, 1.165) is 17.8 Å². The fraction of sp³-hybridized carbons (Fsp3) is 0.947. The summed E-state index contributed by atoms with van der Waals surface area (Å²) in [5.74, 6) is 2.32. The van der Waals surface area contributed by atoms with Crippen LogP contribution in [-0.2, 0) is 9.53 Å². The predicted octanol–water partition coefficient (Wildman–Crippen LogP) is 3.93. The Balaban J connectivity index is 1.79. The molecule has 0 amide bonds. The van der Waals surface area contributed by atoms with Crippen molar-refractivity contribution in [3.05, 3.63) is 0 Å². The molecule has 126 valence electrons. The van der Waals surface area contributed by atoms with Gasteiger partial charge >= 0.3 is 5.97 Å². The molecule has 4 aliphatic rings. The van der Waals surface area contributed by atoms with Crippen LogP contribution in [0.25, 0.3) is 0 Å². The lowest BCUT2D eigenvalue weighted by atomic mass is 9.46. The summed E-state index contributed by atoms with van der Waals surface area (Å²) in [6, 6.07) is 0. The highest BCUT2D eigenvalue weighted by Crippen LogP contribution is 2.64. The first-order chi connectivity index (χ1) is 10.2. The highest BCUT2D eigenvalue weighted by Gasteiger charge is 2.59. The standard InChI is InChI=1S/C19H32O3/c1-5-18(4,12-20)16(21)22-17(2,3)19-9-13-6-14(10-19)8-15(7-13)11-19/h13-15,20H,5-12H2,1-4H3. The first kappa shape index (κ1) is 16.3. The van der Waals surface area contributed by atoms with E-state index in [1.165, 1.54) is 38.5 Å². The molecule has 0 aromatic rings. The highest BCUT2D eigenvalue weighted by atomic mass is 16.6. The van der Waals surface area contributed by atoms with Gasteiger partial charge in [0.2, 0.25) is 0 Å². The molecular formula is C19H32O3. The van der Waals surface area contributed by atoms with Gasteiger partial charge in [0.25, 0.3) is 0 Å². The molecule has 0 radical (unpaired) electrons. The van der Waals surface area contributed by atoms with Crippen LogP contribution in [0.3, 0.4) is 0 Å². The van der Waals surface area contributed by atoms with Gasteiger partial charge in [-0.15, -0.1) is 0 Å². The van der Waals surface area contributed by atoms with E-state index in [1.807, 2.05) is 13.8 Å². The molecule has 22 heavy (non-hydrogen) atoms. The van der Waals surface area contributed by atoms with Crippen molar-refractivity contribution in [2.75, 3.05) is 6.61 Å². The van der Waals surface area contributed by atoms with Crippen LogP contribution in [0.4, 0.5) is 0 Å². The monoisotopic (exact) mass is 308 g/mol. The number of carbonyl (C=O) groups is 1. The second kappa shape index (κ2) is 5.22. The predicted molar refractivity (Wildman–Crippen MR) is 86.3 cm³/mol. The van der Waals surface area contributed by atoms with Gasteiger partial charge < -0.3 is 9.84 Å². The molecule has 0 heterocycles. The molecule has 1 unspecified atom stereocenters. The van der Waals surface area contributed by atoms with Gasteiger partial charge in [0.1, 0.15) is 5.60 Å². The van der Waals surface area contributed by atoms with E-state index in [-0.39, 0.29) is 18.0 Å². The fourth-order valence-corrected chi connectivity index (χ4v) is 5.63. The zero-order chi connectivity index (χ0) is 16.2. The summed E-state index contributed by atoms with van der Waals surface area (Å²) in [6.45, 7) is 7.84. The normalized spacial score (nSPS) is 39.6. The topological polar surface area (TPSA) is 46.5 Å². The molecule has 3 heteroatoms. The first-order valence-electron chi connectivity index (χ1n) is 9.08. The van der Waals surface area contributed by atoms with Gasteiger partial charge in [-0.2, -0.15) is 0 Å². The zero-order valence-electron chi connectivity index (χ0n) is 14.7. The fourth-order valence-electron chi connectivity index (χ4n) is 5.63. The Morgan fingerprint density at radius 2 is 1.55 bits per heavy atom. The summed E-state index contributed by atoms with van der Waals surface area (Å²) in [6.07, 6.45) is 8.47. The molecule has 4 rings (SSSR count). The molecule has 0 aromatic carbocycles. The summed E-state index contributed by atoms with van der Waals surface area (Å²) >= 11 is 0. The lowest BCUT2D eigenvalue weighted by molar-refractivity contribution is -0.208. The number of aliphatic hydroxyl groups is 1. The van der Waals surface area contributed by atoms with Gasteiger partial charge in [0.05, 0.1) is 12.0 Å². The average Bonchev–Trinajstić information content (AvgIpc) is 2.44. The molecule has 0 spiro atoms. The van der Waals surface area contributed by atoms with Crippen LogP contribution in [-0.4, -0.2) is 23.3 Å². The lowest BCUT2D eigenvalue weighted by Gasteiger charge is -2.61. The summed E-state index contributed by atoms with van der Waals surface area (Å²) < 4.78 is 6.07. The molecule has 4 aliphatic carbocycles. The molecule has 0 aromatic heterocycles. The third-order valence-electron chi connectivity index (χ3n) is 7.29. The summed E-state index contributed by atoms with van der Waals surface area (Å²) in [7, 11) is 0. The van der Waals surface area contributed by atoms with E-state index in [9.17, 15) is 9.90 Å². The van der Waals surface area contributed by atoms with Gasteiger partial charge in [0, 0.05) is 5.41 Å². The first-order valence-corrected chi connectivity index (χ1v) is 9.08. The van der Waals surface area contributed by atoms with Crippen LogP contribution in [0.1, 0.15) is 72.6 Å². The van der Waals surface area contributed by atoms with Gasteiger partial charge in [-0.05, 0) is 83.5 Å². The van der Waals surface area contributed by atoms with Crippen molar-refractivity contribution in [1.82, 2.24) is 0 Å². The highest BCUT2D eigenvalue weighted by molar-refractivity contribution is 5.77. The Hall–Kier alpha value is -0.570. The minimum Gasteiger partial charge on any atom is -0.459 e. The molecular weight excluding hydrogens is 276 g/mol. The number of rotatable bonds is 5. The SMILES string of the molecule is CCC(C)(CO)C(=O)OC(C)(C)C12CC3CC(CC(C3)C1)C2. The third-order valence-corrected chi connectivity index (χ3v) is 7.29. The molecule has 4 fully saturated rings. The molecule has 1 atom stereocenters. The number of esters is 1. The second-order valence-electron chi connectivity index (χ2n) is 9.17. The van der Waals surface area contributed by atoms with Crippen LogP contribution >= 0.6 is 0 Å². The van der Waals surface area contributed by atoms with E-state index in [2.05, 4.69) is 13.8 Å². The third kappa shape index (κ3) is 2.40. The number of carbonyl (C=O) groups excluding carboxylic acids is 1. The van der Waals surface area contributed by atoms with Crippen molar-refractivity contribution < 1.29 is 14.6 Å². The van der Waals surface area contributed by atoms with Gasteiger partial charge in [-0.25, -0.2) is 0 Å². The van der Waals surface area contributed by atoms with Crippen molar-refractivity contribution in [2.45, 2.75) is 78.2 Å². The van der Waals surface area contributed by atoms with E-state index in [0.29, 0.717) is 6.42 Å². The van der Waals surface area contributed by atoms with Crippen LogP contribution in [0, 0.1) is 28.6 Å². The summed E-state index contributed by atoms with van der Waals surface area (Å²) in [4.78, 5) is 12.7. The Bertz CT molecular complexity index is 412. The molecule has 0 saturated heterocycles.